The van der Waals surface area contributed by atoms with Crippen molar-refractivity contribution in [1.82, 2.24) is 10.2 Å². The molecule has 2 aromatic carbocycles. The standard InChI is InChI=1S/C21H25FN2O3/c1-15(24(16(2)25)14-18-4-8-19(22)9-5-18)21(26)23-13-12-17-6-10-20(27-3)11-7-17/h4-11,15H,12-14H2,1-3H3,(H,23,26). The molecule has 0 aliphatic carbocycles. The molecule has 2 aromatic rings. The largest absolute Gasteiger partial charge is 0.497 e. The monoisotopic (exact) mass is 372 g/mol. The van der Waals surface area contributed by atoms with Crippen LogP contribution >= 0.6 is 0 Å². The number of benzene rings is 2. The summed E-state index contributed by atoms with van der Waals surface area (Å²) in [5.41, 5.74) is 1.85. The molecule has 6 heteroatoms. The first-order valence-corrected chi connectivity index (χ1v) is 8.83. The highest BCUT2D eigenvalue weighted by molar-refractivity contribution is 5.86. The van der Waals surface area contributed by atoms with E-state index in [4.69, 9.17) is 4.74 Å². The van der Waals surface area contributed by atoms with E-state index in [0.717, 1.165) is 16.9 Å². The second-order valence-corrected chi connectivity index (χ2v) is 6.34. The molecule has 0 saturated heterocycles. The number of hydrogen-bond donors (Lipinski definition) is 1. The van der Waals surface area contributed by atoms with Gasteiger partial charge in [0.2, 0.25) is 11.8 Å². The zero-order valence-corrected chi connectivity index (χ0v) is 15.9. The van der Waals surface area contributed by atoms with Gasteiger partial charge in [0, 0.05) is 20.0 Å². The summed E-state index contributed by atoms with van der Waals surface area (Å²) in [4.78, 5) is 25.9. The fraction of sp³-hybridized carbons (Fsp3) is 0.333. The van der Waals surface area contributed by atoms with Crippen molar-refractivity contribution in [2.24, 2.45) is 0 Å². The van der Waals surface area contributed by atoms with E-state index in [1.807, 2.05) is 24.3 Å². The molecule has 0 aromatic heterocycles. The van der Waals surface area contributed by atoms with Crippen molar-refractivity contribution in [3.8, 4) is 5.75 Å². The maximum atomic E-state index is 13.0. The first kappa shape index (κ1) is 20.4. The van der Waals surface area contributed by atoms with E-state index >= 15 is 0 Å². The zero-order chi connectivity index (χ0) is 19.8. The molecule has 0 aliphatic heterocycles. The predicted molar refractivity (Wildman–Crippen MR) is 102 cm³/mol. The fourth-order valence-corrected chi connectivity index (χ4v) is 2.72. The minimum absolute atomic E-state index is 0.211. The van der Waals surface area contributed by atoms with Crippen LogP contribution in [0.15, 0.2) is 48.5 Å². The lowest BCUT2D eigenvalue weighted by Crippen LogP contribution is -2.47. The first-order valence-electron chi connectivity index (χ1n) is 8.83. The summed E-state index contributed by atoms with van der Waals surface area (Å²) >= 11 is 0. The lowest BCUT2D eigenvalue weighted by Gasteiger charge is -2.27. The summed E-state index contributed by atoms with van der Waals surface area (Å²) in [6, 6.07) is 12.9. The Hall–Kier alpha value is -2.89. The number of halogens is 1. The number of carbonyl (C=O) groups excluding carboxylic acids is 2. The first-order chi connectivity index (χ1) is 12.9. The molecule has 0 saturated carbocycles. The van der Waals surface area contributed by atoms with Crippen molar-refractivity contribution < 1.29 is 18.7 Å². The Labute approximate surface area is 159 Å². The van der Waals surface area contributed by atoms with Crippen LogP contribution in [0.1, 0.15) is 25.0 Å². The third-order valence-corrected chi connectivity index (χ3v) is 4.39. The van der Waals surface area contributed by atoms with Crippen LogP contribution in [0.5, 0.6) is 5.75 Å². The van der Waals surface area contributed by atoms with Gasteiger partial charge in [-0.3, -0.25) is 9.59 Å². The molecule has 1 unspecified atom stereocenters. The van der Waals surface area contributed by atoms with E-state index < -0.39 is 6.04 Å². The molecule has 0 aliphatic rings. The Morgan fingerprint density at radius 1 is 1.07 bits per heavy atom. The van der Waals surface area contributed by atoms with Crippen molar-refractivity contribution >= 4 is 11.8 Å². The number of rotatable bonds is 8. The Bertz CT molecular complexity index is 760. The SMILES string of the molecule is COc1ccc(CCNC(=O)C(C)N(Cc2ccc(F)cc2)C(C)=O)cc1. The van der Waals surface area contributed by atoms with Crippen LogP contribution in [0.25, 0.3) is 0 Å². The second kappa shape index (κ2) is 9.71. The smallest absolute Gasteiger partial charge is 0.242 e. The molecule has 2 rings (SSSR count). The van der Waals surface area contributed by atoms with Crippen LogP contribution in [0, 0.1) is 5.82 Å². The van der Waals surface area contributed by atoms with Gasteiger partial charge in [0.05, 0.1) is 7.11 Å². The number of amides is 2. The minimum atomic E-state index is -0.622. The highest BCUT2D eigenvalue weighted by Gasteiger charge is 2.23. The average Bonchev–Trinajstić information content (AvgIpc) is 2.67. The summed E-state index contributed by atoms with van der Waals surface area (Å²) in [5, 5.41) is 2.87. The van der Waals surface area contributed by atoms with Crippen LogP contribution in [-0.2, 0) is 22.6 Å². The van der Waals surface area contributed by atoms with Gasteiger partial charge in [-0.05, 0) is 48.7 Å². The van der Waals surface area contributed by atoms with Crippen LogP contribution in [0.2, 0.25) is 0 Å². The molecule has 144 valence electrons. The van der Waals surface area contributed by atoms with Gasteiger partial charge in [0.15, 0.2) is 0 Å². The van der Waals surface area contributed by atoms with E-state index in [-0.39, 0.29) is 24.2 Å². The van der Waals surface area contributed by atoms with Crippen molar-refractivity contribution in [3.63, 3.8) is 0 Å². The van der Waals surface area contributed by atoms with Crippen molar-refractivity contribution in [2.45, 2.75) is 32.9 Å². The maximum Gasteiger partial charge on any atom is 0.242 e. The summed E-state index contributed by atoms with van der Waals surface area (Å²) in [6.07, 6.45) is 0.681. The van der Waals surface area contributed by atoms with Gasteiger partial charge < -0.3 is 15.0 Å². The third-order valence-electron chi connectivity index (χ3n) is 4.39. The topological polar surface area (TPSA) is 58.6 Å². The summed E-state index contributed by atoms with van der Waals surface area (Å²) in [6.45, 7) is 3.83. The van der Waals surface area contributed by atoms with Crippen LogP contribution < -0.4 is 10.1 Å². The van der Waals surface area contributed by atoms with Gasteiger partial charge in [0.1, 0.15) is 17.6 Å². The highest BCUT2D eigenvalue weighted by atomic mass is 19.1. The Kier molecular flexibility index (Phi) is 7.34. The fourth-order valence-electron chi connectivity index (χ4n) is 2.72. The van der Waals surface area contributed by atoms with Gasteiger partial charge >= 0.3 is 0 Å². The van der Waals surface area contributed by atoms with Crippen LogP contribution in [0.3, 0.4) is 0 Å². The normalized spacial score (nSPS) is 11.6. The zero-order valence-electron chi connectivity index (χ0n) is 15.9. The second-order valence-electron chi connectivity index (χ2n) is 6.34. The van der Waals surface area contributed by atoms with Gasteiger partial charge in [-0.15, -0.1) is 0 Å². The Morgan fingerprint density at radius 3 is 2.22 bits per heavy atom. The maximum absolute atomic E-state index is 13.0. The van der Waals surface area contributed by atoms with Crippen LogP contribution in [0.4, 0.5) is 4.39 Å². The lowest BCUT2D eigenvalue weighted by molar-refractivity contribution is -0.138. The molecule has 1 atom stereocenters. The molecular formula is C21H25FN2O3. The molecule has 0 radical (unpaired) electrons. The van der Waals surface area contributed by atoms with Gasteiger partial charge in [-0.2, -0.15) is 0 Å². The predicted octanol–water partition coefficient (Wildman–Crippen LogP) is 2.93. The molecule has 1 N–H and O–H groups in total. The van der Waals surface area contributed by atoms with E-state index in [0.29, 0.717) is 13.0 Å². The third kappa shape index (κ3) is 6.09. The van der Waals surface area contributed by atoms with Gasteiger partial charge in [-0.25, -0.2) is 4.39 Å². The summed E-state index contributed by atoms with van der Waals surface area (Å²) < 4.78 is 18.2. The van der Waals surface area contributed by atoms with Crippen molar-refractivity contribution in [2.75, 3.05) is 13.7 Å². The average molecular weight is 372 g/mol. The molecule has 0 heterocycles. The lowest BCUT2D eigenvalue weighted by atomic mass is 10.1. The molecule has 2 amide bonds. The molecule has 0 fully saturated rings. The van der Waals surface area contributed by atoms with Crippen molar-refractivity contribution in [3.05, 3.63) is 65.5 Å². The summed E-state index contributed by atoms with van der Waals surface area (Å²) in [7, 11) is 1.61. The molecule has 0 spiro atoms. The number of nitrogens with zero attached hydrogens (tertiary/aromatic N) is 1. The Morgan fingerprint density at radius 2 is 1.67 bits per heavy atom. The van der Waals surface area contributed by atoms with E-state index in [1.165, 1.54) is 24.0 Å². The molecule has 27 heavy (non-hydrogen) atoms. The Balaban J connectivity index is 1.89. The van der Waals surface area contributed by atoms with Gasteiger partial charge in [-0.1, -0.05) is 24.3 Å². The van der Waals surface area contributed by atoms with E-state index in [1.54, 1.807) is 26.2 Å². The van der Waals surface area contributed by atoms with Gasteiger partial charge in [0.25, 0.3) is 0 Å². The minimum Gasteiger partial charge on any atom is -0.497 e. The number of ether oxygens (including phenoxy) is 1. The number of methoxy groups -OCH3 is 1. The van der Waals surface area contributed by atoms with Crippen molar-refractivity contribution in [1.29, 1.82) is 0 Å². The van der Waals surface area contributed by atoms with E-state index in [2.05, 4.69) is 5.32 Å². The van der Waals surface area contributed by atoms with Crippen LogP contribution in [-0.4, -0.2) is 36.4 Å². The molecular weight excluding hydrogens is 347 g/mol. The molecule has 0 bridgehead atoms. The number of carbonyl (C=O) groups is 2. The summed E-state index contributed by atoms with van der Waals surface area (Å²) in [5.74, 6) is 0.0182. The number of hydrogen-bond acceptors (Lipinski definition) is 3. The van der Waals surface area contributed by atoms with E-state index in [9.17, 15) is 14.0 Å². The molecule has 5 nitrogen and oxygen atoms in total. The number of nitrogens with one attached hydrogen (secondary N) is 1. The highest BCUT2D eigenvalue weighted by Crippen LogP contribution is 2.12. The quantitative estimate of drug-likeness (QED) is 0.775.